The van der Waals surface area contributed by atoms with Crippen molar-refractivity contribution in [2.75, 3.05) is 9.80 Å². The van der Waals surface area contributed by atoms with Crippen LogP contribution in [0, 0.1) is 0 Å². The number of furan rings is 1. The molecule has 302 valence electrons. The van der Waals surface area contributed by atoms with Gasteiger partial charge in [-0.3, -0.25) is 0 Å². The third-order valence-corrected chi connectivity index (χ3v) is 12.4. The van der Waals surface area contributed by atoms with Crippen LogP contribution in [-0.2, 0) is 0 Å². The summed E-state index contributed by atoms with van der Waals surface area (Å²) in [5, 5.41) is 4.47. The van der Waals surface area contributed by atoms with Crippen LogP contribution in [0.3, 0.4) is 0 Å². The van der Waals surface area contributed by atoms with E-state index in [0.717, 1.165) is 89.1 Å². The third kappa shape index (κ3) is 6.48. The summed E-state index contributed by atoms with van der Waals surface area (Å²) in [5.74, 6) is 0. The quantitative estimate of drug-likeness (QED) is 0.145. The Labute approximate surface area is 371 Å². The van der Waals surface area contributed by atoms with Crippen LogP contribution in [0.15, 0.2) is 253 Å². The lowest BCUT2D eigenvalue weighted by Crippen LogP contribution is -2.10. The maximum absolute atomic E-state index is 6.73. The number of benzene rings is 10. The number of anilines is 6. The minimum Gasteiger partial charge on any atom is -0.455 e. The van der Waals surface area contributed by atoms with Crippen molar-refractivity contribution < 1.29 is 4.42 Å². The van der Waals surface area contributed by atoms with E-state index in [1.807, 2.05) is 6.07 Å². The predicted molar refractivity (Wildman–Crippen MR) is 268 cm³/mol. The van der Waals surface area contributed by atoms with Crippen molar-refractivity contribution in [2.24, 2.45) is 0 Å². The van der Waals surface area contributed by atoms with Crippen molar-refractivity contribution in [3.8, 4) is 27.9 Å². The van der Waals surface area contributed by atoms with Crippen molar-refractivity contribution in [3.05, 3.63) is 249 Å². The Morgan fingerprint density at radius 2 is 0.766 bits per heavy atom. The van der Waals surface area contributed by atoms with Gasteiger partial charge in [-0.2, -0.15) is 0 Å². The van der Waals surface area contributed by atoms with Crippen molar-refractivity contribution >= 4 is 77.9 Å². The summed E-state index contributed by atoms with van der Waals surface area (Å²) in [7, 11) is 0. The van der Waals surface area contributed by atoms with Gasteiger partial charge in [0.05, 0.1) is 16.4 Å². The second kappa shape index (κ2) is 15.7. The summed E-state index contributed by atoms with van der Waals surface area (Å²) in [5.41, 5.74) is 16.3. The van der Waals surface area contributed by atoms with Crippen LogP contribution >= 0.6 is 0 Å². The summed E-state index contributed by atoms with van der Waals surface area (Å²) in [4.78, 5) is 4.66. The van der Waals surface area contributed by atoms with Crippen LogP contribution in [-0.4, -0.2) is 4.57 Å². The van der Waals surface area contributed by atoms with Gasteiger partial charge in [-0.25, -0.2) is 0 Å². The van der Waals surface area contributed by atoms with E-state index in [1.165, 1.54) is 16.7 Å². The highest BCUT2D eigenvalue weighted by Crippen LogP contribution is 2.44. The Hall–Kier alpha value is -8.60. The number of hydrogen-bond donors (Lipinski definition) is 0. The monoisotopic (exact) mass is 819 g/mol. The average Bonchev–Trinajstić information content (AvgIpc) is 3.91. The molecule has 4 nitrogen and oxygen atoms in total. The number of nitrogens with zero attached hydrogens (tertiary/aromatic N) is 3. The lowest BCUT2D eigenvalue weighted by Gasteiger charge is -2.26. The molecule has 0 aliphatic rings. The second-order valence-electron chi connectivity index (χ2n) is 16.2. The van der Waals surface area contributed by atoms with E-state index in [4.69, 9.17) is 4.42 Å². The maximum atomic E-state index is 6.73. The summed E-state index contributed by atoms with van der Waals surface area (Å²) in [6.07, 6.45) is 0. The molecule has 0 bridgehead atoms. The zero-order chi connectivity index (χ0) is 42.4. The molecule has 0 atom stereocenters. The van der Waals surface area contributed by atoms with Crippen LogP contribution in [0.1, 0.15) is 0 Å². The molecule has 10 aromatic carbocycles. The highest BCUT2D eigenvalue weighted by molar-refractivity contribution is 6.24. The summed E-state index contributed by atoms with van der Waals surface area (Å²) in [6, 6.07) is 88.7. The molecule has 0 saturated carbocycles. The van der Waals surface area contributed by atoms with Gasteiger partial charge in [0, 0.05) is 56.0 Å². The first-order valence-corrected chi connectivity index (χ1v) is 21.8. The largest absolute Gasteiger partial charge is 0.455 e. The molecule has 2 heterocycles. The van der Waals surface area contributed by atoms with E-state index in [0.29, 0.717) is 0 Å². The van der Waals surface area contributed by atoms with Crippen LogP contribution in [0.2, 0.25) is 0 Å². The fourth-order valence-corrected chi connectivity index (χ4v) is 9.38. The van der Waals surface area contributed by atoms with Crippen LogP contribution in [0.5, 0.6) is 0 Å². The van der Waals surface area contributed by atoms with Gasteiger partial charge in [-0.1, -0.05) is 140 Å². The molecular formula is C60H41N3O. The van der Waals surface area contributed by atoms with Crippen molar-refractivity contribution in [3.63, 3.8) is 0 Å². The van der Waals surface area contributed by atoms with Gasteiger partial charge in [0.25, 0.3) is 0 Å². The highest BCUT2D eigenvalue weighted by atomic mass is 16.3. The van der Waals surface area contributed by atoms with Crippen LogP contribution < -0.4 is 9.80 Å². The molecule has 0 unspecified atom stereocenters. The molecule has 2 aromatic heterocycles. The molecule has 12 aromatic rings. The first kappa shape index (κ1) is 37.2. The molecule has 0 aliphatic heterocycles. The van der Waals surface area contributed by atoms with Gasteiger partial charge in [0.2, 0.25) is 0 Å². The van der Waals surface area contributed by atoms with E-state index in [9.17, 15) is 0 Å². The number of aromatic nitrogens is 1. The molecule has 0 spiro atoms. The van der Waals surface area contributed by atoms with Gasteiger partial charge in [0.15, 0.2) is 0 Å². The van der Waals surface area contributed by atoms with Gasteiger partial charge >= 0.3 is 0 Å². The molecule has 0 radical (unpaired) electrons. The van der Waals surface area contributed by atoms with Gasteiger partial charge in [-0.05, 0) is 131 Å². The molecule has 0 amide bonds. The van der Waals surface area contributed by atoms with Gasteiger partial charge in [-0.15, -0.1) is 0 Å². The second-order valence-corrected chi connectivity index (χ2v) is 16.2. The van der Waals surface area contributed by atoms with Crippen LogP contribution in [0.25, 0.3) is 71.7 Å². The number of hydrogen-bond acceptors (Lipinski definition) is 3. The Morgan fingerprint density at radius 3 is 1.41 bits per heavy atom. The minimum absolute atomic E-state index is 0.889. The van der Waals surface area contributed by atoms with E-state index >= 15 is 0 Å². The van der Waals surface area contributed by atoms with Crippen molar-refractivity contribution in [2.45, 2.75) is 0 Å². The normalized spacial score (nSPS) is 11.4. The SMILES string of the molecule is c1ccc(-c2ccc(-c3cccc(N(c4ccccc4)c4ccc(-n5c6cc(N(c7ccccc7)c7ccccc7)ccc6c6c7oc8ccccc8c7ccc65)cc4)c3)cc2)cc1. The maximum Gasteiger partial charge on any atom is 0.145 e. The number of fused-ring (bicyclic) bond motifs is 7. The first-order valence-electron chi connectivity index (χ1n) is 21.8. The lowest BCUT2D eigenvalue weighted by atomic mass is 10.00. The average molecular weight is 820 g/mol. The summed E-state index contributed by atoms with van der Waals surface area (Å²) >= 11 is 0. The standard InChI is InChI=1S/C60H41N3O/c1-5-16-42(17-6-1)43-28-30-44(31-29-43)45-18-15-25-51(40-45)62(48-23-11-4-12-24-48)49-32-34-50(35-33-49)63-56-39-38-54-53-26-13-14-27-58(53)64-60(54)59(56)55-37-36-52(41-57(55)63)61(46-19-7-2-8-20-46)47-21-9-3-10-22-47/h1-41H. The van der Waals surface area contributed by atoms with E-state index in [2.05, 4.69) is 257 Å². The fourth-order valence-electron chi connectivity index (χ4n) is 9.38. The molecule has 0 saturated heterocycles. The number of para-hydroxylation sites is 4. The minimum atomic E-state index is 0.889. The molecule has 0 aliphatic carbocycles. The third-order valence-electron chi connectivity index (χ3n) is 12.4. The first-order chi connectivity index (χ1) is 31.7. The molecule has 64 heavy (non-hydrogen) atoms. The van der Waals surface area contributed by atoms with Crippen LogP contribution in [0.4, 0.5) is 34.1 Å². The van der Waals surface area contributed by atoms with Gasteiger partial charge in [0.1, 0.15) is 11.2 Å². The summed E-state index contributed by atoms with van der Waals surface area (Å²) in [6.45, 7) is 0. The number of rotatable bonds is 9. The molecule has 12 rings (SSSR count). The Morgan fingerprint density at radius 1 is 0.297 bits per heavy atom. The Kier molecular flexibility index (Phi) is 9.12. The van der Waals surface area contributed by atoms with Crippen molar-refractivity contribution in [1.82, 2.24) is 4.57 Å². The van der Waals surface area contributed by atoms with Gasteiger partial charge < -0.3 is 18.8 Å². The molecular weight excluding hydrogens is 779 g/mol. The lowest BCUT2D eigenvalue weighted by molar-refractivity contribution is 0.673. The van der Waals surface area contributed by atoms with Crippen molar-refractivity contribution in [1.29, 1.82) is 0 Å². The Balaban J connectivity index is 1.00. The summed E-state index contributed by atoms with van der Waals surface area (Å²) < 4.78 is 9.12. The molecule has 4 heteroatoms. The predicted octanol–water partition coefficient (Wildman–Crippen LogP) is 17.0. The van der Waals surface area contributed by atoms with E-state index in [1.54, 1.807) is 0 Å². The smallest absolute Gasteiger partial charge is 0.145 e. The zero-order valence-electron chi connectivity index (χ0n) is 34.9. The van der Waals surface area contributed by atoms with E-state index in [-0.39, 0.29) is 0 Å². The fraction of sp³-hybridized carbons (Fsp3) is 0. The Bertz CT molecular complexity index is 3540. The molecule has 0 fully saturated rings. The zero-order valence-corrected chi connectivity index (χ0v) is 34.9. The van der Waals surface area contributed by atoms with E-state index < -0.39 is 0 Å². The topological polar surface area (TPSA) is 24.6 Å². The molecule has 0 N–H and O–H groups in total. The highest BCUT2D eigenvalue weighted by Gasteiger charge is 2.22.